The minimum Gasteiger partial charge on any atom is -0.454 e. The largest absolute Gasteiger partial charge is 0.454 e. The first-order valence-corrected chi connectivity index (χ1v) is 10.0. The summed E-state index contributed by atoms with van der Waals surface area (Å²) in [5, 5.41) is 5.12. The molecule has 2 aliphatic rings. The van der Waals surface area contributed by atoms with Gasteiger partial charge in [0.25, 0.3) is 0 Å². The van der Waals surface area contributed by atoms with E-state index < -0.39 is 0 Å². The van der Waals surface area contributed by atoms with E-state index >= 15 is 0 Å². The van der Waals surface area contributed by atoms with Crippen molar-refractivity contribution in [2.75, 3.05) is 6.79 Å². The molecule has 0 spiro atoms. The van der Waals surface area contributed by atoms with Crippen LogP contribution in [0.3, 0.4) is 0 Å². The number of benzene rings is 2. The number of amides is 1. The lowest BCUT2D eigenvalue weighted by Crippen LogP contribution is -2.38. The summed E-state index contributed by atoms with van der Waals surface area (Å²) < 4.78 is 10.7. The first-order valence-electron chi connectivity index (χ1n) is 9.63. The predicted octanol–water partition coefficient (Wildman–Crippen LogP) is 4.16. The molecule has 28 heavy (non-hydrogen) atoms. The Morgan fingerprint density at radius 1 is 1.21 bits per heavy atom. The molecule has 0 radical (unpaired) electrons. The number of carbonyl (C=O) groups excluding carboxylic acids is 1. The number of halogens is 1. The van der Waals surface area contributed by atoms with Crippen LogP contribution in [0.5, 0.6) is 11.5 Å². The van der Waals surface area contributed by atoms with Crippen molar-refractivity contribution < 1.29 is 14.3 Å². The number of aromatic amines is 1. The highest BCUT2D eigenvalue weighted by atomic mass is 35.5. The van der Waals surface area contributed by atoms with Gasteiger partial charge < -0.3 is 19.8 Å². The van der Waals surface area contributed by atoms with E-state index in [2.05, 4.69) is 16.4 Å². The Hall–Kier alpha value is -2.66. The zero-order chi connectivity index (χ0) is 19.1. The Morgan fingerprint density at radius 3 is 3.04 bits per heavy atom. The SMILES string of the molecule is O=C(CCc1ccc2c(c1)OCO2)N[C@@H]1CCc2[nH]c3c(Cl)cccc3c2C1. The van der Waals surface area contributed by atoms with Crippen LogP contribution in [0, 0.1) is 0 Å². The third-order valence-corrected chi connectivity index (χ3v) is 5.93. The second kappa shape index (κ2) is 7.06. The number of nitrogens with one attached hydrogen (secondary N) is 2. The Morgan fingerprint density at radius 2 is 2.11 bits per heavy atom. The van der Waals surface area contributed by atoms with E-state index in [0.29, 0.717) is 12.8 Å². The number of H-pyrrole nitrogens is 1. The first kappa shape index (κ1) is 17.4. The summed E-state index contributed by atoms with van der Waals surface area (Å²) in [6, 6.07) is 12.0. The number of aromatic nitrogens is 1. The molecule has 5 rings (SSSR count). The summed E-state index contributed by atoms with van der Waals surface area (Å²) in [6.45, 7) is 0.266. The summed E-state index contributed by atoms with van der Waals surface area (Å²) in [6.07, 6.45) is 3.85. The summed E-state index contributed by atoms with van der Waals surface area (Å²) in [7, 11) is 0. The van der Waals surface area contributed by atoms with Gasteiger partial charge in [0.2, 0.25) is 12.7 Å². The number of para-hydroxylation sites is 1. The fraction of sp³-hybridized carbons (Fsp3) is 0.318. The summed E-state index contributed by atoms with van der Waals surface area (Å²) in [5.41, 5.74) is 4.61. The van der Waals surface area contributed by atoms with Crippen molar-refractivity contribution in [2.24, 2.45) is 0 Å². The zero-order valence-electron chi connectivity index (χ0n) is 15.4. The molecule has 6 heteroatoms. The molecule has 144 valence electrons. The van der Waals surface area contributed by atoms with Gasteiger partial charge >= 0.3 is 0 Å². The smallest absolute Gasteiger partial charge is 0.231 e. The number of carbonyl (C=O) groups is 1. The molecule has 1 aromatic heterocycles. The molecule has 1 aliphatic carbocycles. The van der Waals surface area contributed by atoms with Crippen LogP contribution in [0.1, 0.15) is 29.7 Å². The van der Waals surface area contributed by atoms with E-state index in [9.17, 15) is 4.79 Å². The maximum absolute atomic E-state index is 12.5. The van der Waals surface area contributed by atoms with Crippen molar-refractivity contribution in [3.63, 3.8) is 0 Å². The number of fused-ring (bicyclic) bond motifs is 4. The molecule has 0 saturated carbocycles. The van der Waals surface area contributed by atoms with Gasteiger partial charge in [0.05, 0.1) is 10.5 Å². The van der Waals surface area contributed by atoms with Crippen LogP contribution in [0.15, 0.2) is 36.4 Å². The summed E-state index contributed by atoms with van der Waals surface area (Å²) >= 11 is 6.31. The molecule has 0 bridgehead atoms. The van der Waals surface area contributed by atoms with Crippen LogP contribution < -0.4 is 14.8 Å². The van der Waals surface area contributed by atoms with E-state index in [1.165, 1.54) is 16.6 Å². The number of hydrogen-bond donors (Lipinski definition) is 2. The van der Waals surface area contributed by atoms with Crippen molar-refractivity contribution in [1.82, 2.24) is 10.3 Å². The van der Waals surface area contributed by atoms with Crippen LogP contribution in [0.2, 0.25) is 5.02 Å². The van der Waals surface area contributed by atoms with Gasteiger partial charge in [0.1, 0.15) is 0 Å². The first-order chi connectivity index (χ1) is 13.7. The van der Waals surface area contributed by atoms with Crippen molar-refractivity contribution in [3.8, 4) is 11.5 Å². The third-order valence-electron chi connectivity index (χ3n) is 5.62. The molecule has 5 nitrogen and oxygen atoms in total. The fourth-order valence-electron chi connectivity index (χ4n) is 4.18. The zero-order valence-corrected chi connectivity index (χ0v) is 16.1. The van der Waals surface area contributed by atoms with Crippen molar-refractivity contribution >= 4 is 28.4 Å². The second-order valence-electron chi connectivity index (χ2n) is 7.44. The van der Waals surface area contributed by atoms with Gasteiger partial charge in [0, 0.05) is 23.5 Å². The molecule has 0 fully saturated rings. The van der Waals surface area contributed by atoms with Gasteiger partial charge in [-0.3, -0.25) is 4.79 Å². The van der Waals surface area contributed by atoms with Crippen LogP contribution in [0.25, 0.3) is 10.9 Å². The fourth-order valence-corrected chi connectivity index (χ4v) is 4.40. The van der Waals surface area contributed by atoms with Gasteiger partial charge in [-0.1, -0.05) is 29.8 Å². The van der Waals surface area contributed by atoms with Gasteiger partial charge in [-0.25, -0.2) is 0 Å². The van der Waals surface area contributed by atoms with E-state index in [1.54, 1.807) is 0 Å². The Bertz CT molecular complexity index is 1060. The molecule has 2 N–H and O–H groups in total. The maximum Gasteiger partial charge on any atom is 0.231 e. The standard InChI is InChI=1S/C22H21ClN2O3/c23-17-3-1-2-15-16-11-14(6-7-18(16)25-22(15)17)24-21(26)9-5-13-4-8-19-20(10-13)28-12-27-19/h1-4,8,10,14,25H,5-7,9,11-12H2,(H,24,26)/t14-/m1/s1. The Balaban J connectivity index is 1.22. The second-order valence-corrected chi connectivity index (χ2v) is 7.85. The molecular weight excluding hydrogens is 376 g/mol. The molecule has 1 atom stereocenters. The maximum atomic E-state index is 12.5. The monoisotopic (exact) mass is 396 g/mol. The van der Waals surface area contributed by atoms with E-state index in [1.807, 2.05) is 30.3 Å². The molecule has 1 amide bonds. The van der Waals surface area contributed by atoms with Crippen molar-refractivity contribution in [1.29, 1.82) is 0 Å². The van der Waals surface area contributed by atoms with Crippen LogP contribution in [-0.4, -0.2) is 23.7 Å². The van der Waals surface area contributed by atoms with Gasteiger partial charge in [-0.05, 0) is 55.0 Å². The number of ether oxygens (including phenoxy) is 2. The van der Waals surface area contributed by atoms with E-state index in [4.69, 9.17) is 21.1 Å². The Kier molecular flexibility index (Phi) is 4.40. The van der Waals surface area contributed by atoms with Crippen molar-refractivity contribution in [2.45, 2.75) is 38.1 Å². The highest BCUT2D eigenvalue weighted by molar-refractivity contribution is 6.35. The lowest BCUT2D eigenvalue weighted by molar-refractivity contribution is -0.121. The Labute approximate surface area is 168 Å². The van der Waals surface area contributed by atoms with Crippen LogP contribution >= 0.6 is 11.6 Å². The van der Waals surface area contributed by atoms with Gasteiger partial charge in [-0.2, -0.15) is 0 Å². The third kappa shape index (κ3) is 3.20. The number of aryl methyl sites for hydroxylation is 2. The van der Waals surface area contributed by atoms with Crippen molar-refractivity contribution in [3.05, 3.63) is 58.2 Å². The topological polar surface area (TPSA) is 63.4 Å². The molecule has 2 aromatic carbocycles. The molecular formula is C22H21ClN2O3. The average molecular weight is 397 g/mol. The summed E-state index contributed by atoms with van der Waals surface area (Å²) in [4.78, 5) is 15.9. The van der Waals surface area contributed by atoms with Crippen LogP contribution in [-0.2, 0) is 24.1 Å². The lowest BCUT2D eigenvalue weighted by Gasteiger charge is -2.23. The molecule has 0 unspecified atom stereocenters. The molecule has 2 heterocycles. The molecule has 1 aliphatic heterocycles. The molecule has 0 saturated heterocycles. The van der Waals surface area contributed by atoms with Gasteiger partial charge in [0.15, 0.2) is 11.5 Å². The minimum atomic E-state index is 0.0870. The van der Waals surface area contributed by atoms with E-state index in [-0.39, 0.29) is 18.7 Å². The average Bonchev–Trinajstić information content (AvgIpc) is 3.31. The summed E-state index contributed by atoms with van der Waals surface area (Å²) in [5.74, 6) is 1.62. The minimum absolute atomic E-state index is 0.0870. The number of rotatable bonds is 4. The van der Waals surface area contributed by atoms with Crippen LogP contribution in [0.4, 0.5) is 0 Å². The predicted molar refractivity (Wildman–Crippen MR) is 108 cm³/mol. The van der Waals surface area contributed by atoms with E-state index in [0.717, 1.165) is 46.9 Å². The molecule has 3 aromatic rings. The number of hydrogen-bond acceptors (Lipinski definition) is 3. The highest BCUT2D eigenvalue weighted by Gasteiger charge is 2.24. The highest BCUT2D eigenvalue weighted by Crippen LogP contribution is 2.34. The van der Waals surface area contributed by atoms with Gasteiger partial charge in [-0.15, -0.1) is 0 Å². The lowest BCUT2D eigenvalue weighted by atomic mass is 9.91. The normalized spacial score (nSPS) is 17.5. The quantitative estimate of drug-likeness (QED) is 0.696.